The second kappa shape index (κ2) is 6.01. The summed E-state index contributed by atoms with van der Waals surface area (Å²) in [5.74, 6) is 0. The molecule has 56 valence electrons. The summed E-state index contributed by atoms with van der Waals surface area (Å²) >= 11 is 0. The van der Waals surface area contributed by atoms with Gasteiger partial charge in [0.2, 0.25) is 0 Å². The van der Waals surface area contributed by atoms with Gasteiger partial charge in [0.15, 0.2) is 0 Å². The van der Waals surface area contributed by atoms with Crippen molar-refractivity contribution in [2.75, 3.05) is 26.9 Å². The van der Waals surface area contributed by atoms with Crippen molar-refractivity contribution in [2.45, 2.75) is 13.0 Å². The Kier molecular flexibility index (Phi) is 5.93. The summed E-state index contributed by atoms with van der Waals surface area (Å²) in [6.45, 7) is 4.11. The number of aliphatic hydroxyl groups excluding tert-OH is 1. The summed E-state index contributed by atoms with van der Waals surface area (Å²) in [6, 6.07) is 0. The van der Waals surface area contributed by atoms with Gasteiger partial charge in [-0.1, -0.05) is 0 Å². The van der Waals surface area contributed by atoms with Gasteiger partial charge in [-0.3, -0.25) is 0 Å². The smallest absolute Gasteiger partial charge is 0.0745 e. The van der Waals surface area contributed by atoms with Crippen molar-refractivity contribution < 1.29 is 14.6 Å². The summed E-state index contributed by atoms with van der Waals surface area (Å²) in [5, 5.41) is 8.43. The van der Waals surface area contributed by atoms with Gasteiger partial charge in [-0.2, -0.15) is 0 Å². The maximum atomic E-state index is 8.43. The van der Waals surface area contributed by atoms with Crippen molar-refractivity contribution in [1.29, 1.82) is 0 Å². The fourth-order valence-electron chi connectivity index (χ4n) is 0.241. The zero-order valence-electron chi connectivity index (χ0n) is 5.96. The third-order valence-electron chi connectivity index (χ3n) is 0.612. The molecule has 1 rings (SSSR count). The molecule has 1 heterocycles. The standard InChI is InChI=1S/C4H10O2.C2H4O/c1-4(5)3-6-2;1-2-3-1/h4-5H,3H2,1-2H3;1-2H2. The number of hydrogen-bond donors (Lipinski definition) is 1. The van der Waals surface area contributed by atoms with Crippen molar-refractivity contribution in [3.63, 3.8) is 0 Å². The first kappa shape index (κ1) is 8.88. The molecule has 0 amide bonds. The second-order valence-electron chi connectivity index (χ2n) is 1.92. The molecule has 0 aromatic carbocycles. The lowest BCUT2D eigenvalue weighted by Crippen LogP contribution is -2.07. The van der Waals surface area contributed by atoms with E-state index in [1.54, 1.807) is 14.0 Å². The first-order valence-electron chi connectivity index (χ1n) is 3.02. The first-order valence-corrected chi connectivity index (χ1v) is 3.02. The molecule has 1 fully saturated rings. The van der Waals surface area contributed by atoms with Crippen LogP contribution in [0.3, 0.4) is 0 Å². The third-order valence-corrected chi connectivity index (χ3v) is 0.612. The van der Waals surface area contributed by atoms with Gasteiger partial charge >= 0.3 is 0 Å². The highest BCUT2D eigenvalue weighted by atomic mass is 16.6. The highest BCUT2D eigenvalue weighted by Gasteiger charge is 1.94. The van der Waals surface area contributed by atoms with E-state index in [2.05, 4.69) is 9.47 Å². The molecule has 1 unspecified atom stereocenters. The highest BCUT2D eigenvalue weighted by molar-refractivity contribution is 4.37. The van der Waals surface area contributed by atoms with E-state index in [1.165, 1.54) is 0 Å². The van der Waals surface area contributed by atoms with Crippen LogP contribution >= 0.6 is 0 Å². The van der Waals surface area contributed by atoms with Crippen LogP contribution in [0.5, 0.6) is 0 Å². The fraction of sp³-hybridized carbons (Fsp3) is 1.00. The van der Waals surface area contributed by atoms with Crippen LogP contribution in [0.25, 0.3) is 0 Å². The molecule has 1 atom stereocenters. The van der Waals surface area contributed by atoms with E-state index >= 15 is 0 Å². The fourth-order valence-corrected chi connectivity index (χ4v) is 0.241. The minimum atomic E-state index is -0.324. The first-order chi connectivity index (χ1) is 4.27. The van der Waals surface area contributed by atoms with Crippen LogP contribution in [0, 0.1) is 0 Å². The van der Waals surface area contributed by atoms with Crippen molar-refractivity contribution in [3.8, 4) is 0 Å². The van der Waals surface area contributed by atoms with Crippen LogP contribution in [0.1, 0.15) is 6.92 Å². The third kappa shape index (κ3) is 18.1. The number of methoxy groups -OCH3 is 1. The second-order valence-corrected chi connectivity index (χ2v) is 1.92. The van der Waals surface area contributed by atoms with Crippen molar-refractivity contribution in [1.82, 2.24) is 0 Å². The molecular weight excluding hydrogens is 120 g/mol. The molecule has 0 spiro atoms. The summed E-state index contributed by atoms with van der Waals surface area (Å²) in [4.78, 5) is 0. The molecule has 3 heteroatoms. The topological polar surface area (TPSA) is 42.0 Å². The highest BCUT2D eigenvalue weighted by Crippen LogP contribution is 1.84. The average Bonchev–Trinajstić information content (AvgIpc) is 2.45. The van der Waals surface area contributed by atoms with Gasteiger partial charge in [0.1, 0.15) is 0 Å². The predicted molar refractivity (Wildman–Crippen MR) is 34.4 cm³/mol. The SMILES string of the molecule is C1CO1.COCC(C)O. The number of ether oxygens (including phenoxy) is 2. The van der Waals surface area contributed by atoms with Gasteiger partial charge in [0.05, 0.1) is 25.9 Å². The Hall–Kier alpha value is -0.120. The summed E-state index contributed by atoms with van der Waals surface area (Å²) in [6.07, 6.45) is -0.324. The maximum absolute atomic E-state index is 8.43. The van der Waals surface area contributed by atoms with E-state index in [0.29, 0.717) is 6.61 Å². The Morgan fingerprint density at radius 3 is 2.11 bits per heavy atom. The molecule has 3 nitrogen and oxygen atoms in total. The lowest BCUT2D eigenvalue weighted by Gasteiger charge is -1.97. The van der Waals surface area contributed by atoms with Crippen molar-refractivity contribution in [3.05, 3.63) is 0 Å². The normalized spacial score (nSPS) is 17.7. The van der Waals surface area contributed by atoms with Gasteiger partial charge in [-0.25, -0.2) is 0 Å². The summed E-state index contributed by atoms with van der Waals surface area (Å²) < 4.78 is 9.05. The van der Waals surface area contributed by atoms with Crippen LogP contribution in [-0.4, -0.2) is 38.1 Å². The minimum Gasteiger partial charge on any atom is -0.391 e. The molecule has 0 aromatic rings. The summed E-state index contributed by atoms with van der Waals surface area (Å²) in [5.41, 5.74) is 0. The molecule has 0 aromatic heterocycles. The van der Waals surface area contributed by atoms with Gasteiger partial charge in [0, 0.05) is 7.11 Å². The van der Waals surface area contributed by atoms with E-state index in [0.717, 1.165) is 13.2 Å². The van der Waals surface area contributed by atoms with E-state index in [1.807, 2.05) is 0 Å². The average molecular weight is 134 g/mol. The Morgan fingerprint density at radius 2 is 2.11 bits per heavy atom. The number of hydrogen-bond acceptors (Lipinski definition) is 3. The number of aliphatic hydroxyl groups is 1. The van der Waals surface area contributed by atoms with Crippen molar-refractivity contribution in [2.24, 2.45) is 0 Å². The van der Waals surface area contributed by atoms with Crippen LogP contribution in [0.15, 0.2) is 0 Å². The molecular formula is C6H14O3. The zero-order valence-corrected chi connectivity index (χ0v) is 5.96. The van der Waals surface area contributed by atoms with Gasteiger partial charge in [0.25, 0.3) is 0 Å². The van der Waals surface area contributed by atoms with E-state index in [-0.39, 0.29) is 6.10 Å². The maximum Gasteiger partial charge on any atom is 0.0745 e. The molecule has 9 heavy (non-hydrogen) atoms. The van der Waals surface area contributed by atoms with E-state index < -0.39 is 0 Å². The van der Waals surface area contributed by atoms with Crippen LogP contribution < -0.4 is 0 Å². The molecule has 0 bridgehead atoms. The van der Waals surface area contributed by atoms with Gasteiger partial charge in [-0.05, 0) is 6.92 Å². The Bertz CT molecular complexity index is 49.5. The Morgan fingerprint density at radius 1 is 1.67 bits per heavy atom. The quantitative estimate of drug-likeness (QED) is 0.542. The van der Waals surface area contributed by atoms with Gasteiger partial charge < -0.3 is 14.6 Å². The largest absolute Gasteiger partial charge is 0.391 e. The van der Waals surface area contributed by atoms with Crippen LogP contribution in [0.2, 0.25) is 0 Å². The van der Waals surface area contributed by atoms with E-state index in [9.17, 15) is 0 Å². The monoisotopic (exact) mass is 134 g/mol. The van der Waals surface area contributed by atoms with Crippen LogP contribution in [0.4, 0.5) is 0 Å². The van der Waals surface area contributed by atoms with E-state index in [4.69, 9.17) is 5.11 Å². The Labute approximate surface area is 55.6 Å². The van der Waals surface area contributed by atoms with Gasteiger partial charge in [-0.15, -0.1) is 0 Å². The predicted octanol–water partition coefficient (Wildman–Crippen LogP) is 0.0302. The number of epoxide rings is 1. The summed E-state index contributed by atoms with van der Waals surface area (Å²) in [7, 11) is 1.56. The number of rotatable bonds is 2. The van der Waals surface area contributed by atoms with Crippen molar-refractivity contribution >= 4 is 0 Å². The molecule has 0 saturated carbocycles. The molecule has 1 aliphatic rings. The lowest BCUT2D eigenvalue weighted by atomic mass is 10.5. The Balaban J connectivity index is 0.000000173. The zero-order chi connectivity index (χ0) is 7.11. The molecule has 1 aliphatic heterocycles. The molecule has 1 N–H and O–H groups in total. The van der Waals surface area contributed by atoms with Crippen LogP contribution in [-0.2, 0) is 9.47 Å². The molecule has 0 radical (unpaired) electrons. The molecule has 1 saturated heterocycles. The lowest BCUT2D eigenvalue weighted by molar-refractivity contribution is 0.0765. The molecule has 0 aliphatic carbocycles. The minimum absolute atomic E-state index is 0.324.